The summed E-state index contributed by atoms with van der Waals surface area (Å²) < 4.78 is 0. The van der Waals surface area contributed by atoms with Crippen molar-refractivity contribution >= 4 is 16.8 Å². The molecule has 0 bridgehead atoms. The number of aromatic amines is 1. The number of carbonyl (C=O) groups is 1. The molecule has 1 aliphatic rings. The van der Waals surface area contributed by atoms with Gasteiger partial charge in [-0.25, -0.2) is 0 Å². The normalized spacial score (nSPS) is 18.1. The number of fused-ring (bicyclic) bond motifs is 1. The number of rotatable bonds is 7. The molecule has 2 aromatic rings. The number of carbonyl (C=O) groups excluding carboxylic acids is 1. The third kappa shape index (κ3) is 4.27. The van der Waals surface area contributed by atoms with E-state index in [1.165, 1.54) is 28.6 Å². The zero-order chi connectivity index (χ0) is 18.7. The maximum atomic E-state index is 12.2. The smallest absolute Gasteiger partial charge is 0.221 e. The van der Waals surface area contributed by atoms with Gasteiger partial charge in [-0.05, 0) is 63.7 Å². The number of H-pyrrole nitrogens is 1. The molecule has 1 fully saturated rings. The minimum atomic E-state index is 0.128. The van der Waals surface area contributed by atoms with Gasteiger partial charge in [0.25, 0.3) is 0 Å². The molecule has 0 saturated carbocycles. The van der Waals surface area contributed by atoms with Gasteiger partial charge in [-0.3, -0.25) is 4.79 Å². The van der Waals surface area contributed by atoms with E-state index in [9.17, 15) is 4.79 Å². The summed E-state index contributed by atoms with van der Waals surface area (Å²) in [4.78, 5) is 20.4. The lowest BCUT2D eigenvalue weighted by atomic mass is 10.1. The van der Waals surface area contributed by atoms with E-state index in [1.54, 1.807) is 0 Å². The van der Waals surface area contributed by atoms with E-state index < -0.39 is 0 Å². The molecule has 2 heterocycles. The first-order valence-electron chi connectivity index (χ1n) is 9.73. The first-order chi connectivity index (χ1) is 12.5. The van der Waals surface area contributed by atoms with Crippen molar-refractivity contribution in [3.63, 3.8) is 0 Å². The van der Waals surface area contributed by atoms with Crippen LogP contribution in [-0.2, 0) is 17.8 Å². The zero-order valence-corrected chi connectivity index (χ0v) is 16.6. The standard InChI is InChI=1S/C21H32N4O/c1-5-19-15(2)18-12-16(6-7-20(18)23-19)13-22-21(26)9-11-25(4)17-8-10-24(3)14-17/h6-7,12,17,23H,5,8-11,13-14H2,1-4H3,(H,22,26)/t17-/m0/s1. The molecule has 3 rings (SSSR count). The molecule has 2 N–H and O–H groups in total. The van der Waals surface area contributed by atoms with Crippen LogP contribution in [0.25, 0.3) is 10.9 Å². The van der Waals surface area contributed by atoms with E-state index in [0.29, 0.717) is 19.0 Å². The van der Waals surface area contributed by atoms with Gasteiger partial charge in [-0.15, -0.1) is 0 Å². The van der Waals surface area contributed by atoms with Gasteiger partial charge in [0.1, 0.15) is 0 Å². The van der Waals surface area contributed by atoms with E-state index in [0.717, 1.165) is 31.6 Å². The molecule has 1 saturated heterocycles. The van der Waals surface area contributed by atoms with Crippen molar-refractivity contribution in [2.75, 3.05) is 33.7 Å². The van der Waals surface area contributed by atoms with Crippen molar-refractivity contribution in [2.45, 2.75) is 45.7 Å². The number of aryl methyl sites for hydroxylation is 2. The van der Waals surface area contributed by atoms with E-state index in [-0.39, 0.29) is 5.91 Å². The second-order valence-electron chi connectivity index (χ2n) is 7.67. The van der Waals surface area contributed by atoms with Crippen LogP contribution < -0.4 is 5.32 Å². The average molecular weight is 357 g/mol. The minimum Gasteiger partial charge on any atom is -0.358 e. The number of hydrogen-bond acceptors (Lipinski definition) is 3. The van der Waals surface area contributed by atoms with Crippen LogP contribution in [-0.4, -0.2) is 60.5 Å². The van der Waals surface area contributed by atoms with Crippen molar-refractivity contribution in [3.8, 4) is 0 Å². The Morgan fingerprint density at radius 3 is 2.92 bits per heavy atom. The van der Waals surface area contributed by atoms with Crippen LogP contribution in [0, 0.1) is 6.92 Å². The molecule has 5 heteroatoms. The lowest BCUT2D eigenvalue weighted by Crippen LogP contribution is -2.36. The van der Waals surface area contributed by atoms with E-state index in [1.807, 2.05) is 0 Å². The summed E-state index contributed by atoms with van der Waals surface area (Å²) in [7, 11) is 4.29. The van der Waals surface area contributed by atoms with Gasteiger partial charge < -0.3 is 20.1 Å². The molecule has 1 aromatic heterocycles. The van der Waals surface area contributed by atoms with Gasteiger partial charge in [0, 0.05) is 48.7 Å². The second kappa shape index (κ2) is 8.23. The van der Waals surface area contributed by atoms with Crippen molar-refractivity contribution in [2.24, 2.45) is 0 Å². The Labute approximate surface area is 156 Å². The van der Waals surface area contributed by atoms with Crippen LogP contribution >= 0.6 is 0 Å². The number of amides is 1. The quantitative estimate of drug-likeness (QED) is 0.802. The first kappa shape index (κ1) is 18.9. The number of hydrogen-bond donors (Lipinski definition) is 2. The Morgan fingerprint density at radius 1 is 1.42 bits per heavy atom. The lowest BCUT2D eigenvalue weighted by molar-refractivity contribution is -0.121. The van der Waals surface area contributed by atoms with Crippen LogP contribution in [0.15, 0.2) is 18.2 Å². The summed E-state index contributed by atoms with van der Waals surface area (Å²) in [5.74, 6) is 0.128. The van der Waals surface area contributed by atoms with Crippen molar-refractivity contribution in [3.05, 3.63) is 35.0 Å². The Bertz CT molecular complexity index is 767. The number of likely N-dealkylation sites (N-methyl/N-ethyl adjacent to an activating group) is 2. The number of nitrogens with one attached hydrogen (secondary N) is 2. The summed E-state index contributed by atoms with van der Waals surface area (Å²) in [6.07, 6.45) is 2.77. The van der Waals surface area contributed by atoms with Crippen LogP contribution in [0.5, 0.6) is 0 Å². The molecule has 1 aromatic carbocycles. The maximum absolute atomic E-state index is 12.2. The Kier molecular flexibility index (Phi) is 5.99. The van der Waals surface area contributed by atoms with Gasteiger partial charge in [-0.2, -0.15) is 0 Å². The molecule has 0 spiro atoms. The first-order valence-corrected chi connectivity index (χ1v) is 9.73. The van der Waals surface area contributed by atoms with Gasteiger partial charge in [0.15, 0.2) is 0 Å². The predicted molar refractivity (Wildman–Crippen MR) is 107 cm³/mol. The molecule has 142 valence electrons. The fraction of sp³-hybridized carbons (Fsp3) is 0.571. The molecule has 0 unspecified atom stereocenters. The molecule has 1 atom stereocenters. The van der Waals surface area contributed by atoms with Gasteiger partial charge in [0.2, 0.25) is 5.91 Å². The highest BCUT2D eigenvalue weighted by Gasteiger charge is 2.23. The molecule has 0 radical (unpaired) electrons. The van der Waals surface area contributed by atoms with Crippen LogP contribution in [0.1, 0.15) is 36.6 Å². The van der Waals surface area contributed by atoms with Crippen molar-refractivity contribution in [1.82, 2.24) is 20.1 Å². The number of nitrogens with zero attached hydrogens (tertiary/aromatic N) is 2. The van der Waals surface area contributed by atoms with Crippen molar-refractivity contribution < 1.29 is 4.79 Å². The molecule has 26 heavy (non-hydrogen) atoms. The summed E-state index contributed by atoms with van der Waals surface area (Å²) in [6.45, 7) is 8.00. The van der Waals surface area contributed by atoms with Gasteiger partial charge in [0.05, 0.1) is 0 Å². The molecule has 1 aliphatic heterocycles. The topological polar surface area (TPSA) is 51.4 Å². The number of likely N-dealkylation sites (tertiary alicyclic amines) is 1. The third-order valence-electron chi connectivity index (χ3n) is 5.75. The predicted octanol–water partition coefficient (Wildman–Crippen LogP) is 2.68. The monoisotopic (exact) mass is 356 g/mol. The van der Waals surface area contributed by atoms with Crippen LogP contribution in [0.3, 0.4) is 0 Å². The molecule has 5 nitrogen and oxygen atoms in total. The maximum Gasteiger partial charge on any atom is 0.221 e. The van der Waals surface area contributed by atoms with E-state index in [4.69, 9.17) is 0 Å². The summed E-state index contributed by atoms with van der Waals surface area (Å²) >= 11 is 0. The molecule has 1 amide bonds. The summed E-state index contributed by atoms with van der Waals surface area (Å²) in [5, 5.41) is 4.34. The van der Waals surface area contributed by atoms with Gasteiger partial charge in [-0.1, -0.05) is 13.0 Å². The van der Waals surface area contributed by atoms with E-state index in [2.05, 4.69) is 66.2 Å². The Balaban J connectivity index is 1.49. The third-order valence-corrected chi connectivity index (χ3v) is 5.75. The molecular formula is C21H32N4O. The summed E-state index contributed by atoms with van der Waals surface area (Å²) in [5.41, 5.74) is 4.94. The SMILES string of the molecule is CCc1[nH]c2ccc(CNC(=O)CCN(C)[C@H]3CCN(C)C3)cc2c1C. The van der Waals surface area contributed by atoms with Crippen LogP contribution in [0.4, 0.5) is 0 Å². The highest BCUT2D eigenvalue weighted by Crippen LogP contribution is 2.23. The highest BCUT2D eigenvalue weighted by molar-refractivity contribution is 5.85. The van der Waals surface area contributed by atoms with E-state index >= 15 is 0 Å². The average Bonchev–Trinajstić information content (AvgIpc) is 3.21. The minimum absolute atomic E-state index is 0.128. The molecule has 0 aliphatic carbocycles. The largest absolute Gasteiger partial charge is 0.358 e. The highest BCUT2D eigenvalue weighted by atomic mass is 16.1. The Morgan fingerprint density at radius 2 is 2.23 bits per heavy atom. The van der Waals surface area contributed by atoms with Crippen LogP contribution in [0.2, 0.25) is 0 Å². The Hall–Kier alpha value is -1.85. The fourth-order valence-corrected chi connectivity index (χ4v) is 3.91. The molecular weight excluding hydrogens is 324 g/mol. The van der Waals surface area contributed by atoms with Crippen molar-refractivity contribution in [1.29, 1.82) is 0 Å². The summed E-state index contributed by atoms with van der Waals surface area (Å²) in [6, 6.07) is 6.99. The fourth-order valence-electron chi connectivity index (χ4n) is 3.91. The number of benzene rings is 1. The van der Waals surface area contributed by atoms with Gasteiger partial charge >= 0.3 is 0 Å². The lowest BCUT2D eigenvalue weighted by Gasteiger charge is -2.23. The zero-order valence-electron chi connectivity index (χ0n) is 16.6. The number of aromatic nitrogens is 1. The second-order valence-corrected chi connectivity index (χ2v) is 7.67.